The third-order valence-electron chi connectivity index (χ3n) is 4.96. The van der Waals surface area contributed by atoms with Crippen molar-refractivity contribution in [3.8, 4) is 5.75 Å². The van der Waals surface area contributed by atoms with Crippen LogP contribution in [0.3, 0.4) is 0 Å². The molecule has 0 amide bonds. The van der Waals surface area contributed by atoms with Crippen LogP contribution >= 0.6 is 0 Å². The lowest BCUT2D eigenvalue weighted by Gasteiger charge is -2.32. The van der Waals surface area contributed by atoms with E-state index >= 15 is 0 Å². The highest BCUT2D eigenvalue weighted by atomic mass is 16.7. The summed E-state index contributed by atoms with van der Waals surface area (Å²) in [5.41, 5.74) is 1.43. The first-order chi connectivity index (χ1) is 10.7. The van der Waals surface area contributed by atoms with Crippen molar-refractivity contribution in [3.05, 3.63) is 23.3 Å². The maximum absolute atomic E-state index is 12.1. The fraction of sp³-hybridized carbons (Fsp3) is 0.588. The standard InChI is InChI=1S/C17H23BO5/c1-16(2)17(3,4)23-18(22-16)12-9-11-7-6-8-21-14(11)13(10-12)15(19)20-5/h9-10H,6-8H2,1-5H3. The highest BCUT2D eigenvalue weighted by Gasteiger charge is 2.52. The molecule has 0 aromatic heterocycles. The predicted molar refractivity (Wildman–Crippen MR) is 87.3 cm³/mol. The summed E-state index contributed by atoms with van der Waals surface area (Å²) in [5, 5.41) is 0. The maximum Gasteiger partial charge on any atom is 0.494 e. The second-order valence-corrected chi connectivity index (χ2v) is 7.09. The summed E-state index contributed by atoms with van der Waals surface area (Å²) in [4.78, 5) is 12.1. The highest BCUT2D eigenvalue weighted by molar-refractivity contribution is 6.62. The largest absolute Gasteiger partial charge is 0.494 e. The molecule has 0 radical (unpaired) electrons. The Bertz CT molecular complexity index is 622. The molecule has 23 heavy (non-hydrogen) atoms. The summed E-state index contributed by atoms with van der Waals surface area (Å²) in [7, 11) is 0.870. The van der Waals surface area contributed by atoms with Crippen molar-refractivity contribution in [1.29, 1.82) is 0 Å². The fourth-order valence-electron chi connectivity index (χ4n) is 2.88. The maximum atomic E-state index is 12.1. The van der Waals surface area contributed by atoms with Crippen LogP contribution in [0.1, 0.15) is 50.0 Å². The summed E-state index contributed by atoms with van der Waals surface area (Å²) in [5.74, 6) is 0.227. The smallest absolute Gasteiger partial charge is 0.492 e. The molecule has 1 aromatic rings. The molecule has 2 heterocycles. The van der Waals surface area contributed by atoms with Crippen molar-refractivity contribution in [3.63, 3.8) is 0 Å². The van der Waals surface area contributed by atoms with Crippen LogP contribution in [-0.2, 0) is 20.5 Å². The summed E-state index contributed by atoms with van der Waals surface area (Å²) < 4.78 is 22.8. The summed E-state index contributed by atoms with van der Waals surface area (Å²) in [6, 6.07) is 3.78. The molecule has 2 aliphatic rings. The van der Waals surface area contributed by atoms with Crippen molar-refractivity contribution in [2.24, 2.45) is 0 Å². The minimum absolute atomic E-state index is 0.401. The molecule has 1 fully saturated rings. The molecule has 0 bridgehead atoms. The lowest BCUT2D eigenvalue weighted by Crippen LogP contribution is -2.41. The zero-order chi connectivity index (χ0) is 16.8. The van der Waals surface area contributed by atoms with E-state index in [0.717, 1.165) is 23.9 Å². The van der Waals surface area contributed by atoms with Gasteiger partial charge in [-0.1, -0.05) is 6.07 Å². The zero-order valence-corrected chi connectivity index (χ0v) is 14.4. The monoisotopic (exact) mass is 318 g/mol. The van der Waals surface area contributed by atoms with Gasteiger partial charge in [-0.3, -0.25) is 0 Å². The highest BCUT2D eigenvalue weighted by Crippen LogP contribution is 2.37. The molecule has 2 aliphatic heterocycles. The number of esters is 1. The van der Waals surface area contributed by atoms with Crippen LogP contribution < -0.4 is 10.2 Å². The van der Waals surface area contributed by atoms with Gasteiger partial charge in [0, 0.05) is 0 Å². The molecule has 6 heteroatoms. The number of rotatable bonds is 2. The number of aryl methyl sites for hydroxylation is 1. The van der Waals surface area contributed by atoms with Gasteiger partial charge < -0.3 is 18.8 Å². The number of fused-ring (bicyclic) bond motifs is 1. The third kappa shape index (κ3) is 2.74. The first-order valence-corrected chi connectivity index (χ1v) is 7.99. The third-order valence-corrected chi connectivity index (χ3v) is 4.96. The lowest BCUT2D eigenvalue weighted by molar-refractivity contribution is 0.00578. The molecular weight excluding hydrogens is 295 g/mol. The minimum Gasteiger partial charge on any atom is -0.492 e. The van der Waals surface area contributed by atoms with E-state index in [4.69, 9.17) is 18.8 Å². The normalized spacial score (nSPS) is 21.5. The Kier molecular flexibility index (Phi) is 3.93. The van der Waals surface area contributed by atoms with Crippen LogP contribution in [-0.4, -0.2) is 38.0 Å². The van der Waals surface area contributed by atoms with E-state index in [1.807, 2.05) is 33.8 Å². The molecule has 0 atom stereocenters. The van der Waals surface area contributed by atoms with Gasteiger partial charge in [-0.05, 0) is 57.6 Å². The van der Waals surface area contributed by atoms with Gasteiger partial charge in [0.05, 0.1) is 24.9 Å². The first-order valence-electron chi connectivity index (χ1n) is 7.99. The van der Waals surface area contributed by atoms with Gasteiger partial charge in [0.25, 0.3) is 0 Å². The van der Waals surface area contributed by atoms with Gasteiger partial charge in [-0.15, -0.1) is 0 Å². The fourth-order valence-corrected chi connectivity index (χ4v) is 2.88. The van der Waals surface area contributed by atoms with Gasteiger partial charge in [-0.25, -0.2) is 4.79 Å². The number of benzene rings is 1. The Labute approximate surface area is 137 Å². The van der Waals surface area contributed by atoms with E-state index in [1.54, 1.807) is 6.07 Å². The molecule has 0 unspecified atom stereocenters. The Morgan fingerprint density at radius 2 is 1.83 bits per heavy atom. The van der Waals surface area contributed by atoms with Crippen LogP contribution in [0.2, 0.25) is 0 Å². The van der Waals surface area contributed by atoms with E-state index in [1.165, 1.54) is 7.11 Å². The Balaban J connectivity index is 2.03. The predicted octanol–water partition coefficient (Wildman–Crippen LogP) is 2.10. The number of methoxy groups -OCH3 is 1. The van der Waals surface area contributed by atoms with Crippen LogP contribution in [0, 0.1) is 0 Å². The average molecular weight is 318 g/mol. The summed E-state index contributed by atoms with van der Waals surface area (Å²) >= 11 is 0. The molecule has 0 aliphatic carbocycles. The topological polar surface area (TPSA) is 54.0 Å². The van der Waals surface area contributed by atoms with E-state index in [2.05, 4.69) is 0 Å². The van der Waals surface area contributed by atoms with Crippen molar-refractivity contribution in [2.75, 3.05) is 13.7 Å². The molecule has 124 valence electrons. The van der Waals surface area contributed by atoms with Crippen molar-refractivity contribution in [1.82, 2.24) is 0 Å². The van der Waals surface area contributed by atoms with Crippen molar-refractivity contribution in [2.45, 2.75) is 51.7 Å². The van der Waals surface area contributed by atoms with Crippen LogP contribution in [0.25, 0.3) is 0 Å². The summed E-state index contributed by atoms with van der Waals surface area (Å²) in [6.07, 6.45) is 1.80. The van der Waals surface area contributed by atoms with E-state index in [0.29, 0.717) is 17.9 Å². The molecule has 0 spiro atoms. The van der Waals surface area contributed by atoms with Gasteiger partial charge in [0.1, 0.15) is 11.3 Å². The van der Waals surface area contributed by atoms with Crippen LogP contribution in [0.15, 0.2) is 12.1 Å². The first kappa shape index (κ1) is 16.3. The molecular formula is C17H23BO5. The molecule has 1 saturated heterocycles. The van der Waals surface area contributed by atoms with Crippen molar-refractivity contribution < 1.29 is 23.6 Å². The lowest BCUT2D eigenvalue weighted by atomic mass is 9.76. The van der Waals surface area contributed by atoms with Gasteiger partial charge in [-0.2, -0.15) is 0 Å². The van der Waals surface area contributed by atoms with Gasteiger partial charge in [0.2, 0.25) is 0 Å². The van der Waals surface area contributed by atoms with E-state index < -0.39 is 24.3 Å². The minimum atomic E-state index is -0.504. The second kappa shape index (κ2) is 5.53. The molecule has 3 rings (SSSR count). The number of carbonyl (C=O) groups is 1. The number of hydrogen-bond acceptors (Lipinski definition) is 5. The number of carbonyl (C=O) groups excluding carboxylic acids is 1. The molecule has 1 aromatic carbocycles. The Hall–Kier alpha value is -1.53. The molecule has 5 nitrogen and oxygen atoms in total. The SMILES string of the molecule is COC(=O)c1cc(B2OC(C)(C)C(C)(C)O2)cc2c1OCCC2. The molecule has 0 N–H and O–H groups in total. The number of ether oxygens (including phenoxy) is 2. The second-order valence-electron chi connectivity index (χ2n) is 7.09. The Morgan fingerprint density at radius 1 is 1.17 bits per heavy atom. The van der Waals surface area contributed by atoms with Gasteiger partial charge in [0.15, 0.2) is 0 Å². The van der Waals surface area contributed by atoms with Crippen LogP contribution in [0.5, 0.6) is 5.75 Å². The molecule has 0 saturated carbocycles. The quantitative estimate of drug-likeness (QED) is 0.617. The average Bonchev–Trinajstić information content (AvgIpc) is 2.73. The van der Waals surface area contributed by atoms with E-state index in [9.17, 15) is 4.79 Å². The number of hydrogen-bond donors (Lipinski definition) is 0. The van der Waals surface area contributed by atoms with Gasteiger partial charge >= 0.3 is 13.1 Å². The Morgan fingerprint density at radius 3 is 2.43 bits per heavy atom. The van der Waals surface area contributed by atoms with E-state index in [-0.39, 0.29) is 0 Å². The zero-order valence-electron chi connectivity index (χ0n) is 14.4. The van der Waals surface area contributed by atoms with Crippen molar-refractivity contribution >= 4 is 18.6 Å². The van der Waals surface area contributed by atoms with Crippen LogP contribution in [0.4, 0.5) is 0 Å². The summed E-state index contributed by atoms with van der Waals surface area (Å²) in [6.45, 7) is 8.66.